The first-order chi connectivity index (χ1) is 7.71. The van der Waals surface area contributed by atoms with Crippen LogP contribution in [-0.4, -0.2) is 24.8 Å². The van der Waals surface area contributed by atoms with Gasteiger partial charge < -0.3 is 9.66 Å². The molecule has 1 aromatic rings. The maximum Gasteiger partial charge on any atom is 0.417 e. The van der Waals surface area contributed by atoms with Gasteiger partial charge in [-0.3, -0.25) is 0 Å². The predicted octanol–water partition coefficient (Wildman–Crippen LogP) is 1.52. The summed E-state index contributed by atoms with van der Waals surface area (Å²) in [5, 5.41) is 8.65. The van der Waals surface area contributed by atoms with Gasteiger partial charge in [0.25, 0.3) is 0 Å². The summed E-state index contributed by atoms with van der Waals surface area (Å²) in [6, 6.07) is 0.505. The van der Waals surface area contributed by atoms with Crippen LogP contribution >= 0.6 is 0 Å². The molecule has 0 bridgehead atoms. The Balaban J connectivity index is 3.29. The number of carboxylic acid groups (broad SMARTS) is 1. The molecule has 0 radical (unpaired) electrons. The van der Waals surface area contributed by atoms with E-state index < -0.39 is 45.8 Å². The monoisotopic (exact) mass is 269 g/mol. The first-order valence-electron chi connectivity index (χ1n) is 4.08. The van der Waals surface area contributed by atoms with E-state index in [9.17, 15) is 22.2 Å². The number of hydrogen-bond donors (Lipinski definition) is 2. The molecule has 0 amide bonds. The van der Waals surface area contributed by atoms with E-state index in [1.165, 1.54) is 0 Å². The van der Waals surface area contributed by atoms with Crippen molar-refractivity contribution in [3.8, 4) is 0 Å². The SMILES string of the molecule is O=C(O)c1ncc(C(F)(F)F)cc1CS(=O)O. The second kappa shape index (κ2) is 4.80. The summed E-state index contributed by atoms with van der Waals surface area (Å²) in [7, 11) is 0. The van der Waals surface area contributed by atoms with Crippen LogP contribution in [0.5, 0.6) is 0 Å². The Morgan fingerprint density at radius 1 is 1.47 bits per heavy atom. The molecule has 5 nitrogen and oxygen atoms in total. The zero-order valence-corrected chi connectivity index (χ0v) is 8.88. The number of aromatic carboxylic acids is 1. The van der Waals surface area contributed by atoms with Crippen molar-refractivity contribution in [2.75, 3.05) is 0 Å². The number of carboxylic acids is 1. The number of halogens is 3. The first kappa shape index (κ1) is 13.6. The minimum atomic E-state index is -4.68. The Labute approximate surface area is 95.6 Å². The fraction of sp³-hybridized carbons (Fsp3) is 0.250. The van der Waals surface area contributed by atoms with Crippen molar-refractivity contribution in [2.24, 2.45) is 0 Å². The number of hydrogen-bond acceptors (Lipinski definition) is 3. The smallest absolute Gasteiger partial charge is 0.417 e. The molecule has 94 valence electrons. The van der Waals surface area contributed by atoms with Crippen LogP contribution in [0.15, 0.2) is 12.3 Å². The molecule has 1 unspecified atom stereocenters. The predicted molar refractivity (Wildman–Crippen MR) is 50.7 cm³/mol. The molecule has 1 atom stereocenters. The van der Waals surface area contributed by atoms with Gasteiger partial charge in [-0.25, -0.2) is 14.0 Å². The fourth-order valence-corrected chi connectivity index (χ4v) is 1.59. The van der Waals surface area contributed by atoms with Crippen LogP contribution in [0.3, 0.4) is 0 Å². The summed E-state index contributed by atoms with van der Waals surface area (Å²) < 4.78 is 56.0. The highest BCUT2D eigenvalue weighted by Crippen LogP contribution is 2.29. The second-order valence-corrected chi connectivity index (χ2v) is 3.93. The number of pyridine rings is 1. The topological polar surface area (TPSA) is 87.5 Å². The van der Waals surface area contributed by atoms with Crippen LogP contribution in [0.1, 0.15) is 21.6 Å². The molecular formula is C8H6F3NO4S. The third kappa shape index (κ3) is 3.49. The minimum absolute atomic E-state index is 0.368. The van der Waals surface area contributed by atoms with Crippen LogP contribution < -0.4 is 0 Å². The van der Waals surface area contributed by atoms with Gasteiger partial charge in [0, 0.05) is 11.8 Å². The van der Waals surface area contributed by atoms with E-state index in [0.717, 1.165) is 0 Å². The highest BCUT2D eigenvalue weighted by Gasteiger charge is 2.32. The van der Waals surface area contributed by atoms with E-state index in [0.29, 0.717) is 12.3 Å². The largest absolute Gasteiger partial charge is 0.477 e. The lowest BCUT2D eigenvalue weighted by molar-refractivity contribution is -0.137. The molecule has 1 rings (SSSR count). The van der Waals surface area contributed by atoms with Crippen molar-refractivity contribution in [1.82, 2.24) is 4.98 Å². The molecule has 2 N–H and O–H groups in total. The van der Waals surface area contributed by atoms with Gasteiger partial charge in [0.05, 0.1) is 11.3 Å². The van der Waals surface area contributed by atoms with Gasteiger partial charge in [-0.2, -0.15) is 13.2 Å². The maximum absolute atomic E-state index is 12.3. The molecule has 0 saturated heterocycles. The minimum Gasteiger partial charge on any atom is -0.477 e. The van der Waals surface area contributed by atoms with Gasteiger partial charge in [-0.15, -0.1) is 0 Å². The van der Waals surface area contributed by atoms with Crippen LogP contribution in [0.25, 0.3) is 0 Å². The van der Waals surface area contributed by atoms with Gasteiger partial charge in [-0.05, 0) is 6.07 Å². The summed E-state index contributed by atoms with van der Waals surface area (Å²) in [5.41, 5.74) is -2.27. The average molecular weight is 269 g/mol. The van der Waals surface area contributed by atoms with Gasteiger partial charge in [0.15, 0.2) is 16.8 Å². The van der Waals surface area contributed by atoms with Crippen molar-refractivity contribution < 1.29 is 31.8 Å². The molecule has 0 aliphatic carbocycles. The molecule has 1 heterocycles. The Morgan fingerprint density at radius 2 is 2.06 bits per heavy atom. The van der Waals surface area contributed by atoms with Crippen molar-refractivity contribution in [3.63, 3.8) is 0 Å². The van der Waals surface area contributed by atoms with Crippen LogP contribution in [-0.2, 0) is 23.0 Å². The molecule has 0 aliphatic rings. The highest BCUT2D eigenvalue weighted by molar-refractivity contribution is 7.78. The highest BCUT2D eigenvalue weighted by atomic mass is 32.2. The fourth-order valence-electron chi connectivity index (χ4n) is 1.10. The van der Waals surface area contributed by atoms with E-state index in [1.54, 1.807) is 0 Å². The average Bonchev–Trinajstić information content (AvgIpc) is 2.14. The molecule has 0 spiro atoms. The Kier molecular flexibility index (Phi) is 3.83. The zero-order valence-electron chi connectivity index (χ0n) is 8.06. The quantitative estimate of drug-likeness (QED) is 0.812. The number of aromatic nitrogens is 1. The van der Waals surface area contributed by atoms with Crippen molar-refractivity contribution in [2.45, 2.75) is 11.9 Å². The second-order valence-electron chi connectivity index (χ2n) is 3.00. The number of nitrogens with zero attached hydrogens (tertiary/aromatic N) is 1. The van der Waals surface area contributed by atoms with Gasteiger partial charge in [-0.1, -0.05) is 0 Å². The van der Waals surface area contributed by atoms with Gasteiger partial charge in [0.2, 0.25) is 0 Å². The summed E-state index contributed by atoms with van der Waals surface area (Å²) in [6.45, 7) is 0. The summed E-state index contributed by atoms with van der Waals surface area (Å²) in [6.07, 6.45) is -4.32. The van der Waals surface area contributed by atoms with Crippen LogP contribution in [0.2, 0.25) is 0 Å². The number of rotatable bonds is 3. The maximum atomic E-state index is 12.3. The molecule has 0 aliphatic heterocycles. The Morgan fingerprint density at radius 3 is 2.47 bits per heavy atom. The summed E-state index contributed by atoms with van der Waals surface area (Å²) >= 11 is -2.45. The molecular weight excluding hydrogens is 263 g/mol. The normalized spacial score (nSPS) is 13.4. The van der Waals surface area contributed by atoms with E-state index >= 15 is 0 Å². The molecule has 9 heteroatoms. The van der Waals surface area contributed by atoms with E-state index in [4.69, 9.17) is 9.66 Å². The lowest BCUT2D eigenvalue weighted by Crippen LogP contribution is -2.12. The summed E-state index contributed by atoms with van der Waals surface area (Å²) in [4.78, 5) is 13.8. The molecule has 0 saturated carbocycles. The zero-order chi connectivity index (χ0) is 13.2. The lowest BCUT2D eigenvalue weighted by Gasteiger charge is -2.09. The number of alkyl halides is 3. The summed E-state index contributed by atoms with van der Waals surface area (Å²) in [5.74, 6) is -2.28. The standard InChI is InChI=1S/C8H6F3NO4S/c9-8(10,11)5-1-4(3-17(15)16)6(7(13)14)12-2-5/h1-2H,3H2,(H,13,14)(H,15,16). The van der Waals surface area contributed by atoms with E-state index in [2.05, 4.69) is 4.98 Å². The van der Waals surface area contributed by atoms with Crippen molar-refractivity contribution in [3.05, 3.63) is 29.1 Å². The molecule has 17 heavy (non-hydrogen) atoms. The molecule has 1 aromatic heterocycles. The van der Waals surface area contributed by atoms with Crippen molar-refractivity contribution in [1.29, 1.82) is 0 Å². The molecule has 0 fully saturated rings. The van der Waals surface area contributed by atoms with Crippen LogP contribution in [0, 0.1) is 0 Å². The molecule has 0 aromatic carbocycles. The number of carbonyl (C=O) groups is 1. The first-order valence-corrected chi connectivity index (χ1v) is 5.36. The Hall–Kier alpha value is -1.48. The van der Waals surface area contributed by atoms with E-state index in [-0.39, 0.29) is 0 Å². The Bertz CT molecular complexity index is 474. The van der Waals surface area contributed by atoms with Gasteiger partial charge in [0.1, 0.15) is 0 Å². The van der Waals surface area contributed by atoms with Crippen LogP contribution in [0.4, 0.5) is 13.2 Å². The van der Waals surface area contributed by atoms with Gasteiger partial charge >= 0.3 is 12.1 Å². The third-order valence-corrected chi connectivity index (χ3v) is 2.33. The lowest BCUT2D eigenvalue weighted by atomic mass is 10.1. The van der Waals surface area contributed by atoms with E-state index in [1.807, 2.05) is 0 Å². The third-order valence-electron chi connectivity index (χ3n) is 1.78. The van der Waals surface area contributed by atoms with Crippen molar-refractivity contribution >= 4 is 17.0 Å².